The number of aromatic nitrogens is 2. The summed E-state index contributed by atoms with van der Waals surface area (Å²) in [5, 5.41) is 15.2. The summed E-state index contributed by atoms with van der Waals surface area (Å²) in [6.07, 6.45) is 2.82. The van der Waals surface area contributed by atoms with Crippen LogP contribution in [0.3, 0.4) is 0 Å². The van der Waals surface area contributed by atoms with Gasteiger partial charge in [0.05, 0.1) is 11.8 Å². The number of rotatable bonds is 6. The molecule has 24 heavy (non-hydrogen) atoms. The van der Waals surface area contributed by atoms with Crippen LogP contribution in [-0.2, 0) is 13.1 Å². The number of benzene rings is 1. The fraction of sp³-hybridized carbons (Fsp3) is 0.550. The van der Waals surface area contributed by atoms with E-state index in [1.54, 1.807) is 0 Å². The van der Waals surface area contributed by atoms with Crippen molar-refractivity contribution in [2.75, 3.05) is 6.54 Å². The van der Waals surface area contributed by atoms with Gasteiger partial charge in [0.1, 0.15) is 0 Å². The topological polar surface area (TPSA) is 41.3 Å². The average Bonchev–Trinajstić information content (AvgIpc) is 3.14. The normalized spacial score (nSPS) is 19.8. The van der Waals surface area contributed by atoms with Crippen molar-refractivity contribution in [1.82, 2.24) is 14.7 Å². The Morgan fingerprint density at radius 3 is 2.67 bits per heavy atom. The van der Waals surface area contributed by atoms with Crippen LogP contribution in [0.15, 0.2) is 30.3 Å². The van der Waals surface area contributed by atoms with E-state index in [1.165, 1.54) is 24.1 Å². The summed E-state index contributed by atoms with van der Waals surface area (Å²) < 4.78 is 2.09. The molecule has 130 valence electrons. The van der Waals surface area contributed by atoms with Gasteiger partial charge in [-0.15, -0.1) is 0 Å². The molecular weight excluding hydrogens is 298 g/mol. The van der Waals surface area contributed by atoms with E-state index in [0.29, 0.717) is 6.04 Å². The molecule has 0 aliphatic carbocycles. The van der Waals surface area contributed by atoms with Crippen LogP contribution in [0, 0.1) is 13.8 Å². The number of hydrogen-bond acceptors (Lipinski definition) is 3. The molecule has 1 aliphatic heterocycles. The van der Waals surface area contributed by atoms with E-state index >= 15 is 0 Å². The summed E-state index contributed by atoms with van der Waals surface area (Å²) in [4.78, 5) is 2.53. The number of nitrogens with zero attached hydrogens (tertiary/aromatic N) is 3. The fourth-order valence-corrected chi connectivity index (χ4v) is 3.91. The van der Waals surface area contributed by atoms with Crippen LogP contribution in [-0.4, -0.2) is 32.4 Å². The maximum Gasteiger partial charge on any atom is 0.0805 e. The molecule has 0 radical (unpaired) electrons. The van der Waals surface area contributed by atoms with Crippen LogP contribution in [0.2, 0.25) is 0 Å². The standard InChI is InChI=1S/C20H29N3O/c1-4-23-16(3)19(15(2)21-23)14-22-12-8-11-18(22)13-20(24)17-9-6-5-7-10-17/h5-7,9-10,18,20,24H,4,8,11-14H2,1-3H3. The van der Waals surface area contributed by atoms with Gasteiger partial charge in [0.2, 0.25) is 0 Å². The Balaban J connectivity index is 1.69. The number of likely N-dealkylation sites (tertiary alicyclic amines) is 1. The van der Waals surface area contributed by atoms with Crippen molar-refractivity contribution >= 4 is 0 Å². The summed E-state index contributed by atoms with van der Waals surface area (Å²) in [5.41, 5.74) is 4.81. The first-order valence-electron chi connectivity index (χ1n) is 9.10. The molecule has 1 aromatic heterocycles. The van der Waals surface area contributed by atoms with Gasteiger partial charge in [-0.05, 0) is 52.1 Å². The molecule has 0 saturated carbocycles. The third kappa shape index (κ3) is 3.55. The van der Waals surface area contributed by atoms with Gasteiger partial charge in [-0.25, -0.2) is 0 Å². The zero-order chi connectivity index (χ0) is 17.1. The Bertz CT molecular complexity index is 665. The Morgan fingerprint density at radius 2 is 2.00 bits per heavy atom. The van der Waals surface area contributed by atoms with E-state index in [0.717, 1.165) is 37.3 Å². The van der Waals surface area contributed by atoms with Gasteiger partial charge in [-0.2, -0.15) is 5.10 Å². The van der Waals surface area contributed by atoms with Gasteiger partial charge in [0, 0.05) is 30.4 Å². The molecule has 0 spiro atoms. The minimum atomic E-state index is -0.377. The predicted octanol–water partition coefficient (Wildman–Crippen LogP) is 3.61. The lowest BCUT2D eigenvalue weighted by molar-refractivity contribution is 0.118. The number of aliphatic hydroxyl groups excluding tert-OH is 1. The van der Waals surface area contributed by atoms with Crippen LogP contribution in [0.5, 0.6) is 0 Å². The Morgan fingerprint density at radius 1 is 1.25 bits per heavy atom. The molecule has 1 saturated heterocycles. The van der Waals surface area contributed by atoms with Crippen LogP contribution < -0.4 is 0 Å². The third-order valence-corrected chi connectivity index (χ3v) is 5.37. The summed E-state index contributed by atoms with van der Waals surface area (Å²) in [7, 11) is 0. The lowest BCUT2D eigenvalue weighted by Crippen LogP contribution is -2.30. The molecule has 2 unspecified atom stereocenters. The first-order chi connectivity index (χ1) is 11.6. The van der Waals surface area contributed by atoms with E-state index in [9.17, 15) is 5.11 Å². The first-order valence-corrected chi connectivity index (χ1v) is 9.10. The molecule has 2 aromatic rings. The first kappa shape index (κ1) is 17.2. The molecule has 2 heterocycles. The highest BCUT2D eigenvalue weighted by molar-refractivity contribution is 5.25. The van der Waals surface area contributed by atoms with Gasteiger partial charge >= 0.3 is 0 Å². The SMILES string of the molecule is CCn1nc(C)c(CN2CCCC2CC(O)c2ccccc2)c1C. The zero-order valence-electron chi connectivity index (χ0n) is 15.1. The van der Waals surface area contributed by atoms with Crippen molar-refractivity contribution < 1.29 is 5.11 Å². The Labute approximate surface area is 145 Å². The average molecular weight is 327 g/mol. The van der Waals surface area contributed by atoms with Crippen molar-refractivity contribution in [2.24, 2.45) is 0 Å². The van der Waals surface area contributed by atoms with Crippen molar-refractivity contribution in [3.63, 3.8) is 0 Å². The van der Waals surface area contributed by atoms with Crippen LogP contribution in [0.25, 0.3) is 0 Å². The highest BCUT2D eigenvalue weighted by Gasteiger charge is 2.28. The molecule has 0 bridgehead atoms. The second kappa shape index (κ2) is 7.49. The van der Waals surface area contributed by atoms with E-state index < -0.39 is 0 Å². The number of aliphatic hydroxyl groups is 1. The van der Waals surface area contributed by atoms with Crippen molar-refractivity contribution in [1.29, 1.82) is 0 Å². The van der Waals surface area contributed by atoms with Crippen molar-refractivity contribution in [3.05, 3.63) is 52.8 Å². The van der Waals surface area contributed by atoms with Crippen LogP contribution >= 0.6 is 0 Å². The Hall–Kier alpha value is -1.65. The monoisotopic (exact) mass is 327 g/mol. The minimum Gasteiger partial charge on any atom is -0.388 e. The van der Waals surface area contributed by atoms with Crippen molar-refractivity contribution in [2.45, 2.75) is 65.3 Å². The molecule has 1 aliphatic rings. The van der Waals surface area contributed by atoms with Gasteiger partial charge < -0.3 is 5.11 Å². The van der Waals surface area contributed by atoms with Gasteiger partial charge in [-0.3, -0.25) is 9.58 Å². The smallest absolute Gasteiger partial charge is 0.0805 e. The van der Waals surface area contributed by atoms with Crippen LogP contribution in [0.1, 0.15) is 54.8 Å². The number of hydrogen-bond donors (Lipinski definition) is 1. The molecule has 1 fully saturated rings. The molecule has 1 aromatic carbocycles. The summed E-state index contributed by atoms with van der Waals surface area (Å²) in [6, 6.07) is 10.5. The molecule has 2 atom stereocenters. The lowest BCUT2D eigenvalue weighted by Gasteiger charge is -2.26. The highest BCUT2D eigenvalue weighted by atomic mass is 16.3. The van der Waals surface area contributed by atoms with Gasteiger partial charge in [0.25, 0.3) is 0 Å². The lowest BCUT2D eigenvalue weighted by atomic mass is 10.00. The third-order valence-electron chi connectivity index (χ3n) is 5.37. The second-order valence-corrected chi connectivity index (χ2v) is 6.89. The molecule has 3 rings (SSSR count). The van der Waals surface area contributed by atoms with Crippen LogP contribution in [0.4, 0.5) is 0 Å². The minimum absolute atomic E-state index is 0.377. The zero-order valence-corrected chi connectivity index (χ0v) is 15.1. The Kier molecular flexibility index (Phi) is 5.36. The molecule has 0 amide bonds. The fourth-order valence-electron chi connectivity index (χ4n) is 3.91. The van der Waals surface area contributed by atoms with E-state index in [1.807, 2.05) is 30.3 Å². The second-order valence-electron chi connectivity index (χ2n) is 6.89. The van der Waals surface area contributed by atoms with Gasteiger partial charge in [-0.1, -0.05) is 30.3 Å². The largest absolute Gasteiger partial charge is 0.388 e. The highest BCUT2D eigenvalue weighted by Crippen LogP contribution is 2.29. The molecule has 4 heteroatoms. The summed E-state index contributed by atoms with van der Waals surface area (Å²) in [6.45, 7) is 9.40. The van der Waals surface area contributed by atoms with Crippen molar-refractivity contribution in [3.8, 4) is 0 Å². The van der Waals surface area contributed by atoms with E-state index in [4.69, 9.17) is 0 Å². The maximum atomic E-state index is 10.6. The number of aryl methyl sites for hydroxylation is 2. The summed E-state index contributed by atoms with van der Waals surface area (Å²) >= 11 is 0. The predicted molar refractivity (Wildman–Crippen MR) is 96.8 cm³/mol. The van der Waals surface area contributed by atoms with E-state index in [2.05, 4.69) is 35.5 Å². The summed E-state index contributed by atoms with van der Waals surface area (Å²) in [5.74, 6) is 0. The molecule has 1 N–H and O–H groups in total. The quantitative estimate of drug-likeness (QED) is 0.881. The van der Waals surface area contributed by atoms with E-state index in [-0.39, 0.29) is 6.10 Å². The molecular formula is C20H29N3O. The van der Waals surface area contributed by atoms with Gasteiger partial charge in [0.15, 0.2) is 0 Å². The molecule has 4 nitrogen and oxygen atoms in total. The maximum absolute atomic E-state index is 10.6.